The molecule has 0 radical (unpaired) electrons. The standard InChI is InChI=1S/C18H21NO7/c1-5-10-25-14-8-6-13(11-15(14)23-3)7-9-16(20)26-12(2)17(21)19-18(22)24-4/h5-9,11-12H,1,10H2,2-4H3,(H,19,21,22)/b9-7+/t12-/m0/s1. The second-order valence-corrected chi connectivity index (χ2v) is 4.90. The molecule has 0 saturated carbocycles. The Morgan fingerprint density at radius 3 is 2.58 bits per heavy atom. The largest absolute Gasteiger partial charge is 0.493 e. The molecule has 1 atom stereocenters. The molecule has 1 aromatic carbocycles. The number of hydrogen-bond donors (Lipinski definition) is 1. The molecule has 8 heteroatoms. The molecule has 1 N–H and O–H groups in total. The van der Waals surface area contributed by atoms with Gasteiger partial charge in [0.15, 0.2) is 17.6 Å². The maximum Gasteiger partial charge on any atom is 0.413 e. The molecule has 26 heavy (non-hydrogen) atoms. The van der Waals surface area contributed by atoms with Crippen LogP contribution in [-0.4, -0.2) is 44.9 Å². The number of carbonyl (C=O) groups excluding carboxylic acids is 3. The van der Waals surface area contributed by atoms with E-state index in [1.165, 1.54) is 20.1 Å². The van der Waals surface area contributed by atoms with Crippen LogP contribution in [0.25, 0.3) is 6.08 Å². The van der Waals surface area contributed by atoms with Gasteiger partial charge in [0.2, 0.25) is 0 Å². The molecule has 1 rings (SSSR count). The number of carbonyl (C=O) groups is 3. The highest BCUT2D eigenvalue weighted by Crippen LogP contribution is 2.28. The maximum atomic E-state index is 11.8. The van der Waals surface area contributed by atoms with E-state index in [1.54, 1.807) is 24.3 Å². The van der Waals surface area contributed by atoms with Crippen molar-refractivity contribution in [1.29, 1.82) is 0 Å². The summed E-state index contributed by atoms with van der Waals surface area (Å²) >= 11 is 0. The lowest BCUT2D eigenvalue weighted by Gasteiger charge is -2.11. The zero-order chi connectivity index (χ0) is 19.5. The second kappa shape index (κ2) is 10.5. The first kappa shape index (κ1) is 20.8. The Kier molecular flexibility index (Phi) is 8.42. The Morgan fingerprint density at radius 1 is 1.23 bits per heavy atom. The summed E-state index contributed by atoms with van der Waals surface area (Å²) in [5, 5.41) is 1.91. The molecule has 0 aliphatic heterocycles. The van der Waals surface area contributed by atoms with Crippen molar-refractivity contribution >= 4 is 24.0 Å². The van der Waals surface area contributed by atoms with E-state index in [2.05, 4.69) is 11.3 Å². The van der Waals surface area contributed by atoms with Gasteiger partial charge >= 0.3 is 12.1 Å². The topological polar surface area (TPSA) is 100 Å². The molecule has 1 aromatic rings. The number of rotatable bonds is 8. The van der Waals surface area contributed by atoms with E-state index in [9.17, 15) is 14.4 Å². The fourth-order valence-electron chi connectivity index (χ4n) is 1.74. The highest BCUT2D eigenvalue weighted by atomic mass is 16.6. The maximum absolute atomic E-state index is 11.8. The van der Waals surface area contributed by atoms with Crippen LogP contribution in [-0.2, 0) is 19.1 Å². The van der Waals surface area contributed by atoms with E-state index in [1.807, 2.05) is 5.32 Å². The van der Waals surface area contributed by atoms with Gasteiger partial charge in [0.1, 0.15) is 6.61 Å². The number of benzene rings is 1. The summed E-state index contributed by atoms with van der Waals surface area (Å²) in [5.74, 6) is -0.499. The smallest absolute Gasteiger partial charge is 0.413 e. The summed E-state index contributed by atoms with van der Waals surface area (Å²) in [6, 6.07) is 5.09. The molecule has 0 unspecified atom stereocenters. The van der Waals surface area contributed by atoms with Crippen LogP contribution in [0.3, 0.4) is 0 Å². The van der Waals surface area contributed by atoms with Crippen molar-refractivity contribution in [3.05, 3.63) is 42.5 Å². The number of alkyl carbamates (subject to hydrolysis) is 1. The number of ether oxygens (including phenoxy) is 4. The first-order valence-electron chi connectivity index (χ1n) is 7.60. The molecule has 0 spiro atoms. The van der Waals surface area contributed by atoms with Gasteiger partial charge in [-0.3, -0.25) is 10.1 Å². The average Bonchev–Trinajstić information content (AvgIpc) is 2.64. The molecule has 0 aliphatic rings. The Hall–Kier alpha value is -3.29. The summed E-state index contributed by atoms with van der Waals surface area (Å²) in [7, 11) is 2.61. The normalized spacial score (nSPS) is 11.3. The quantitative estimate of drug-likeness (QED) is 0.429. The van der Waals surface area contributed by atoms with Crippen molar-refractivity contribution in [2.45, 2.75) is 13.0 Å². The fourth-order valence-corrected chi connectivity index (χ4v) is 1.74. The zero-order valence-corrected chi connectivity index (χ0v) is 14.8. The third-order valence-electron chi connectivity index (χ3n) is 3.03. The van der Waals surface area contributed by atoms with Gasteiger partial charge in [-0.2, -0.15) is 0 Å². The molecule has 0 aliphatic carbocycles. The molecule has 0 saturated heterocycles. The summed E-state index contributed by atoms with van der Waals surface area (Å²) in [6.07, 6.45) is 2.17. The van der Waals surface area contributed by atoms with Crippen molar-refractivity contribution in [3.63, 3.8) is 0 Å². The van der Waals surface area contributed by atoms with Gasteiger partial charge in [-0.25, -0.2) is 9.59 Å². The van der Waals surface area contributed by atoms with Crippen LogP contribution in [0.4, 0.5) is 4.79 Å². The number of amides is 2. The van der Waals surface area contributed by atoms with Crippen LogP contribution >= 0.6 is 0 Å². The van der Waals surface area contributed by atoms with E-state index in [0.717, 1.165) is 13.2 Å². The number of nitrogens with one attached hydrogen (secondary N) is 1. The molecular formula is C18H21NO7. The van der Waals surface area contributed by atoms with Gasteiger partial charge < -0.3 is 18.9 Å². The molecule has 2 amide bonds. The third-order valence-corrected chi connectivity index (χ3v) is 3.03. The molecular weight excluding hydrogens is 342 g/mol. The van der Waals surface area contributed by atoms with Gasteiger partial charge in [-0.05, 0) is 30.7 Å². The molecule has 0 fully saturated rings. The monoisotopic (exact) mass is 363 g/mol. The lowest BCUT2D eigenvalue weighted by molar-refractivity contribution is -0.149. The van der Waals surface area contributed by atoms with Crippen molar-refractivity contribution in [3.8, 4) is 11.5 Å². The van der Waals surface area contributed by atoms with Crippen molar-refractivity contribution in [2.75, 3.05) is 20.8 Å². The van der Waals surface area contributed by atoms with E-state index in [4.69, 9.17) is 14.2 Å². The Balaban J connectivity index is 2.68. The second-order valence-electron chi connectivity index (χ2n) is 4.90. The van der Waals surface area contributed by atoms with Crippen molar-refractivity contribution in [2.24, 2.45) is 0 Å². The molecule has 8 nitrogen and oxygen atoms in total. The number of hydrogen-bond acceptors (Lipinski definition) is 7. The molecule has 0 heterocycles. The molecule has 0 bridgehead atoms. The van der Waals surface area contributed by atoms with Crippen LogP contribution in [0.15, 0.2) is 36.9 Å². The van der Waals surface area contributed by atoms with E-state index in [-0.39, 0.29) is 0 Å². The predicted molar refractivity (Wildman–Crippen MR) is 93.8 cm³/mol. The average molecular weight is 363 g/mol. The zero-order valence-electron chi connectivity index (χ0n) is 14.8. The van der Waals surface area contributed by atoms with Crippen LogP contribution in [0.1, 0.15) is 12.5 Å². The highest BCUT2D eigenvalue weighted by molar-refractivity contribution is 5.96. The van der Waals surface area contributed by atoms with E-state index < -0.39 is 24.1 Å². The van der Waals surface area contributed by atoms with Gasteiger partial charge in [-0.15, -0.1) is 0 Å². The Bertz CT molecular complexity index is 697. The number of methoxy groups -OCH3 is 2. The summed E-state index contributed by atoms with van der Waals surface area (Å²) in [4.78, 5) is 34.3. The Morgan fingerprint density at radius 2 is 1.96 bits per heavy atom. The minimum Gasteiger partial charge on any atom is -0.493 e. The van der Waals surface area contributed by atoms with Crippen LogP contribution in [0, 0.1) is 0 Å². The van der Waals surface area contributed by atoms with Crippen molar-refractivity contribution in [1.82, 2.24) is 5.32 Å². The van der Waals surface area contributed by atoms with Crippen LogP contribution in [0.2, 0.25) is 0 Å². The lowest BCUT2D eigenvalue weighted by atomic mass is 10.2. The third kappa shape index (κ3) is 6.68. The lowest BCUT2D eigenvalue weighted by Crippen LogP contribution is -2.39. The van der Waals surface area contributed by atoms with Gasteiger partial charge in [0.05, 0.1) is 14.2 Å². The number of imide groups is 1. The van der Waals surface area contributed by atoms with Crippen LogP contribution < -0.4 is 14.8 Å². The van der Waals surface area contributed by atoms with E-state index in [0.29, 0.717) is 23.7 Å². The summed E-state index contributed by atoms with van der Waals surface area (Å²) in [5.41, 5.74) is 0.663. The summed E-state index contributed by atoms with van der Waals surface area (Å²) in [6.45, 7) is 5.24. The van der Waals surface area contributed by atoms with Gasteiger partial charge in [-0.1, -0.05) is 18.7 Å². The fraction of sp³-hybridized carbons (Fsp3) is 0.278. The highest BCUT2D eigenvalue weighted by Gasteiger charge is 2.19. The molecule has 0 aromatic heterocycles. The molecule has 140 valence electrons. The van der Waals surface area contributed by atoms with E-state index >= 15 is 0 Å². The van der Waals surface area contributed by atoms with Gasteiger partial charge in [0, 0.05) is 6.08 Å². The first-order valence-corrected chi connectivity index (χ1v) is 7.60. The SMILES string of the molecule is C=CCOc1ccc(/C=C/C(=O)O[C@@H](C)C(=O)NC(=O)OC)cc1OC. The first-order chi connectivity index (χ1) is 12.4. The van der Waals surface area contributed by atoms with Crippen molar-refractivity contribution < 1.29 is 33.3 Å². The number of esters is 1. The Labute approximate surface area is 151 Å². The summed E-state index contributed by atoms with van der Waals surface area (Å²) < 4.78 is 19.8. The predicted octanol–water partition coefficient (Wildman–Crippen LogP) is 2.09. The van der Waals surface area contributed by atoms with Gasteiger partial charge in [0.25, 0.3) is 5.91 Å². The minimum atomic E-state index is -1.16. The minimum absolute atomic E-state index is 0.337. The van der Waals surface area contributed by atoms with Crippen LogP contribution in [0.5, 0.6) is 11.5 Å².